The Morgan fingerprint density at radius 2 is 1.59 bits per heavy atom. The topological polar surface area (TPSA) is 61.4 Å². The Bertz CT molecular complexity index is 817. The Labute approximate surface area is 173 Å². The summed E-state index contributed by atoms with van der Waals surface area (Å²) in [6, 6.07) is 17.3. The van der Waals surface area contributed by atoms with Gasteiger partial charge in [0.1, 0.15) is 0 Å². The number of nitrogens with one attached hydrogen (secondary N) is 2. The SMILES string of the molecule is CC(C)(C)c1ccc(CN2CCC(NC(=O)NC(=O)c3ccccc3)CC2)cc1. The summed E-state index contributed by atoms with van der Waals surface area (Å²) in [5.74, 6) is -0.376. The largest absolute Gasteiger partial charge is 0.335 e. The fourth-order valence-corrected chi connectivity index (χ4v) is 3.59. The minimum Gasteiger partial charge on any atom is -0.335 e. The summed E-state index contributed by atoms with van der Waals surface area (Å²) in [4.78, 5) is 26.6. The van der Waals surface area contributed by atoms with Gasteiger partial charge in [-0.25, -0.2) is 4.79 Å². The summed E-state index contributed by atoms with van der Waals surface area (Å²) in [5, 5.41) is 5.34. The van der Waals surface area contributed by atoms with Crippen molar-refractivity contribution in [1.29, 1.82) is 0 Å². The van der Waals surface area contributed by atoms with Crippen LogP contribution in [-0.2, 0) is 12.0 Å². The minimum absolute atomic E-state index is 0.0955. The second kappa shape index (κ2) is 9.23. The van der Waals surface area contributed by atoms with Crippen LogP contribution < -0.4 is 10.6 Å². The molecule has 0 bridgehead atoms. The number of amides is 3. The molecule has 0 radical (unpaired) electrons. The van der Waals surface area contributed by atoms with Crippen molar-refractivity contribution in [3.05, 3.63) is 71.3 Å². The molecule has 0 saturated carbocycles. The summed E-state index contributed by atoms with van der Waals surface area (Å²) in [5.41, 5.74) is 3.32. The number of imide groups is 1. The van der Waals surface area contributed by atoms with Crippen LogP contribution in [0.15, 0.2) is 54.6 Å². The van der Waals surface area contributed by atoms with E-state index in [2.05, 4.69) is 60.6 Å². The number of carbonyl (C=O) groups is 2. The van der Waals surface area contributed by atoms with Gasteiger partial charge in [0.15, 0.2) is 0 Å². The molecule has 1 aliphatic rings. The Morgan fingerprint density at radius 1 is 0.966 bits per heavy atom. The van der Waals surface area contributed by atoms with Crippen LogP contribution in [0.1, 0.15) is 55.1 Å². The first-order chi connectivity index (χ1) is 13.8. The lowest BCUT2D eigenvalue weighted by molar-refractivity contribution is 0.0961. The van der Waals surface area contributed by atoms with E-state index in [1.54, 1.807) is 24.3 Å². The van der Waals surface area contributed by atoms with Crippen molar-refractivity contribution in [3.63, 3.8) is 0 Å². The van der Waals surface area contributed by atoms with Crippen molar-refractivity contribution in [2.24, 2.45) is 0 Å². The van der Waals surface area contributed by atoms with Crippen molar-refractivity contribution < 1.29 is 9.59 Å². The molecule has 2 aromatic carbocycles. The fraction of sp³-hybridized carbons (Fsp3) is 0.417. The van der Waals surface area contributed by atoms with Gasteiger partial charge in [-0.15, -0.1) is 0 Å². The number of rotatable bonds is 4. The Balaban J connectivity index is 1.42. The van der Waals surface area contributed by atoms with E-state index in [0.717, 1.165) is 32.5 Å². The summed E-state index contributed by atoms with van der Waals surface area (Å²) in [6.07, 6.45) is 1.76. The van der Waals surface area contributed by atoms with Gasteiger partial charge in [0, 0.05) is 31.2 Å². The Morgan fingerprint density at radius 3 is 2.17 bits per heavy atom. The van der Waals surface area contributed by atoms with Gasteiger partial charge < -0.3 is 5.32 Å². The molecule has 3 amide bonds. The van der Waals surface area contributed by atoms with Gasteiger partial charge in [0.05, 0.1) is 0 Å². The van der Waals surface area contributed by atoms with E-state index >= 15 is 0 Å². The number of hydrogen-bond donors (Lipinski definition) is 2. The van der Waals surface area contributed by atoms with Crippen molar-refractivity contribution in [1.82, 2.24) is 15.5 Å². The molecular weight excluding hydrogens is 362 g/mol. The average molecular weight is 394 g/mol. The first-order valence-electron chi connectivity index (χ1n) is 10.3. The molecule has 0 aromatic heterocycles. The number of benzene rings is 2. The lowest BCUT2D eigenvalue weighted by atomic mass is 9.86. The van der Waals surface area contributed by atoms with Gasteiger partial charge >= 0.3 is 6.03 Å². The molecule has 5 heteroatoms. The summed E-state index contributed by atoms with van der Waals surface area (Å²) in [7, 11) is 0. The highest BCUT2D eigenvalue weighted by atomic mass is 16.2. The van der Waals surface area contributed by atoms with E-state index in [1.807, 2.05) is 6.07 Å². The molecule has 5 nitrogen and oxygen atoms in total. The third kappa shape index (κ3) is 6.16. The predicted molar refractivity (Wildman–Crippen MR) is 116 cm³/mol. The normalized spacial score (nSPS) is 15.7. The van der Waals surface area contributed by atoms with Crippen molar-refractivity contribution >= 4 is 11.9 Å². The summed E-state index contributed by atoms with van der Waals surface area (Å²) in [6.45, 7) is 9.46. The molecule has 1 aliphatic heterocycles. The van der Waals surface area contributed by atoms with E-state index in [1.165, 1.54) is 11.1 Å². The molecule has 2 aromatic rings. The molecule has 1 heterocycles. The van der Waals surface area contributed by atoms with E-state index in [-0.39, 0.29) is 17.4 Å². The fourth-order valence-electron chi connectivity index (χ4n) is 3.59. The van der Waals surface area contributed by atoms with Crippen molar-refractivity contribution in [2.75, 3.05) is 13.1 Å². The van der Waals surface area contributed by atoms with Gasteiger partial charge in [0.25, 0.3) is 5.91 Å². The predicted octanol–water partition coefficient (Wildman–Crippen LogP) is 4.09. The van der Waals surface area contributed by atoms with E-state index in [9.17, 15) is 9.59 Å². The Kier molecular flexibility index (Phi) is 6.70. The van der Waals surface area contributed by atoms with Crippen LogP contribution in [0.25, 0.3) is 0 Å². The number of hydrogen-bond acceptors (Lipinski definition) is 3. The van der Waals surface area contributed by atoms with Crippen LogP contribution in [0.5, 0.6) is 0 Å². The second-order valence-corrected chi connectivity index (χ2v) is 8.79. The number of likely N-dealkylation sites (tertiary alicyclic amines) is 1. The zero-order chi connectivity index (χ0) is 20.9. The highest BCUT2D eigenvalue weighted by Gasteiger charge is 2.22. The van der Waals surface area contributed by atoms with E-state index in [4.69, 9.17) is 0 Å². The van der Waals surface area contributed by atoms with Gasteiger partial charge in [-0.05, 0) is 41.5 Å². The molecule has 3 rings (SSSR count). The van der Waals surface area contributed by atoms with Crippen molar-refractivity contribution in [2.45, 2.75) is 51.6 Å². The molecule has 0 aliphatic carbocycles. The monoisotopic (exact) mass is 393 g/mol. The number of carbonyl (C=O) groups excluding carboxylic acids is 2. The van der Waals surface area contributed by atoms with Gasteiger partial charge in [-0.2, -0.15) is 0 Å². The zero-order valence-electron chi connectivity index (χ0n) is 17.6. The van der Waals surface area contributed by atoms with Gasteiger partial charge in [-0.3, -0.25) is 15.0 Å². The second-order valence-electron chi connectivity index (χ2n) is 8.79. The first kappa shape index (κ1) is 21.1. The van der Waals surface area contributed by atoms with Crippen LogP contribution >= 0.6 is 0 Å². The maximum atomic E-state index is 12.1. The first-order valence-corrected chi connectivity index (χ1v) is 10.3. The number of urea groups is 1. The quantitative estimate of drug-likeness (QED) is 0.823. The molecule has 154 valence electrons. The zero-order valence-corrected chi connectivity index (χ0v) is 17.6. The molecule has 2 N–H and O–H groups in total. The van der Waals surface area contributed by atoms with Crippen molar-refractivity contribution in [3.8, 4) is 0 Å². The molecule has 0 unspecified atom stereocenters. The maximum absolute atomic E-state index is 12.1. The smallest absolute Gasteiger partial charge is 0.321 e. The highest BCUT2D eigenvalue weighted by Crippen LogP contribution is 2.23. The van der Waals surface area contributed by atoms with Gasteiger partial charge in [0.2, 0.25) is 0 Å². The van der Waals surface area contributed by atoms with E-state index < -0.39 is 6.03 Å². The van der Waals surface area contributed by atoms with Crippen LogP contribution in [0.2, 0.25) is 0 Å². The highest BCUT2D eigenvalue weighted by molar-refractivity contribution is 6.04. The van der Waals surface area contributed by atoms with Crippen LogP contribution in [0, 0.1) is 0 Å². The van der Waals surface area contributed by atoms with Crippen LogP contribution in [-0.4, -0.2) is 36.0 Å². The molecule has 29 heavy (non-hydrogen) atoms. The lowest BCUT2D eigenvalue weighted by Crippen LogP contribution is -2.49. The molecule has 1 saturated heterocycles. The maximum Gasteiger partial charge on any atom is 0.321 e. The van der Waals surface area contributed by atoms with Gasteiger partial charge in [-0.1, -0.05) is 63.2 Å². The molecule has 1 fully saturated rings. The van der Waals surface area contributed by atoms with Crippen LogP contribution in [0.3, 0.4) is 0 Å². The summed E-state index contributed by atoms with van der Waals surface area (Å²) < 4.78 is 0. The Hall–Kier alpha value is -2.66. The number of piperidine rings is 1. The summed E-state index contributed by atoms with van der Waals surface area (Å²) >= 11 is 0. The molecule has 0 atom stereocenters. The third-order valence-electron chi connectivity index (χ3n) is 5.41. The standard InChI is InChI=1S/C24H31N3O2/c1-24(2,3)20-11-9-18(10-12-20)17-27-15-13-21(14-16-27)25-23(29)26-22(28)19-7-5-4-6-8-19/h4-12,21H,13-17H2,1-3H3,(H2,25,26,28,29). The molecule has 0 spiro atoms. The number of nitrogens with zero attached hydrogens (tertiary/aromatic N) is 1. The third-order valence-corrected chi connectivity index (χ3v) is 5.41. The minimum atomic E-state index is -0.421. The lowest BCUT2D eigenvalue weighted by Gasteiger charge is -2.32. The molecular formula is C24H31N3O2. The van der Waals surface area contributed by atoms with Crippen LogP contribution in [0.4, 0.5) is 4.79 Å². The average Bonchev–Trinajstić information content (AvgIpc) is 2.70. The van der Waals surface area contributed by atoms with E-state index in [0.29, 0.717) is 5.56 Å².